The number of rotatable bonds is 3. The number of hydrogen-bond donors (Lipinski definition) is 2. The van der Waals surface area contributed by atoms with Crippen molar-refractivity contribution in [2.75, 3.05) is 0 Å². The van der Waals surface area contributed by atoms with E-state index >= 15 is 0 Å². The van der Waals surface area contributed by atoms with Gasteiger partial charge in [-0.3, -0.25) is 4.79 Å². The van der Waals surface area contributed by atoms with Crippen LogP contribution in [0.1, 0.15) is 79.3 Å². The van der Waals surface area contributed by atoms with Crippen molar-refractivity contribution in [3.8, 4) is 5.75 Å². The smallest absolute Gasteiger partial charge is 0.252 e. The molecule has 4 atom stereocenters. The van der Waals surface area contributed by atoms with E-state index in [1.54, 1.807) is 6.07 Å². The summed E-state index contributed by atoms with van der Waals surface area (Å²) in [6.45, 7) is 4.32. The number of allylic oxidation sites excluding steroid dienone is 1. The summed E-state index contributed by atoms with van der Waals surface area (Å²) in [4.78, 5) is 11.9. The predicted octanol–water partition coefficient (Wildman–Crippen LogP) is 4.86. The van der Waals surface area contributed by atoms with Crippen LogP contribution in [0.15, 0.2) is 24.3 Å². The first kappa shape index (κ1) is 17.3. The maximum absolute atomic E-state index is 11.9. The fourth-order valence-electron chi connectivity index (χ4n) is 7.15. The summed E-state index contributed by atoms with van der Waals surface area (Å²) in [5.41, 5.74) is 9.41. The number of fused-ring (bicyclic) bond motifs is 1. The zero-order valence-corrected chi connectivity index (χ0v) is 16.2. The molecule has 2 bridgehead atoms. The Kier molecular flexibility index (Phi) is 3.93. The Morgan fingerprint density at radius 2 is 2.07 bits per heavy atom. The summed E-state index contributed by atoms with van der Waals surface area (Å²) < 4.78 is 0. The first-order chi connectivity index (χ1) is 13.0. The van der Waals surface area contributed by atoms with E-state index in [1.807, 2.05) is 0 Å². The minimum absolute atomic E-state index is 0.0285. The normalized spacial score (nSPS) is 35.1. The molecule has 0 heterocycles. The zero-order valence-electron chi connectivity index (χ0n) is 16.2. The van der Waals surface area contributed by atoms with Crippen LogP contribution in [-0.2, 0) is 11.8 Å². The molecule has 3 fully saturated rings. The van der Waals surface area contributed by atoms with Gasteiger partial charge in [0.25, 0.3) is 5.91 Å². The number of aromatic hydroxyl groups is 1. The summed E-state index contributed by atoms with van der Waals surface area (Å²) in [5.74, 6) is 2.75. The second-order valence-corrected chi connectivity index (χ2v) is 9.79. The minimum Gasteiger partial charge on any atom is -0.507 e. The molecule has 3 heteroatoms. The number of phenols is 1. The lowest BCUT2D eigenvalue weighted by molar-refractivity contribution is 0.00858. The number of carbonyl (C=O) groups is 1. The van der Waals surface area contributed by atoms with Gasteiger partial charge in [0.2, 0.25) is 0 Å². The van der Waals surface area contributed by atoms with E-state index in [9.17, 15) is 9.90 Å². The summed E-state index contributed by atoms with van der Waals surface area (Å²) in [6.07, 6.45) is 12.4. The lowest BCUT2D eigenvalue weighted by Crippen LogP contribution is -2.53. The van der Waals surface area contributed by atoms with Crippen LogP contribution >= 0.6 is 0 Å². The number of hydrogen-bond acceptors (Lipinski definition) is 2. The molecule has 1 aromatic rings. The minimum atomic E-state index is -0.529. The van der Waals surface area contributed by atoms with Crippen LogP contribution in [0.2, 0.25) is 0 Å². The van der Waals surface area contributed by atoms with E-state index in [-0.39, 0.29) is 16.7 Å². The Morgan fingerprint density at radius 3 is 2.78 bits per heavy atom. The van der Waals surface area contributed by atoms with Gasteiger partial charge in [0.05, 0.1) is 5.56 Å². The van der Waals surface area contributed by atoms with E-state index in [0.29, 0.717) is 5.92 Å². The van der Waals surface area contributed by atoms with Gasteiger partial charge in [-0.05, 0) is 80.2 Å². The molecule has 27 heavy (non-hydrogen) atoms. The van der Waals surface area contributed by atoms with E-state index in [1.165, 1.54) is 49.7 Å². The van der Waals surface area contributed by atoms with Crippen LogP contribution in [0.25, 0.3) is 0 Å². The molecule has 1 amide bonds. The fourth-order valence-corrected chi connectivity index (χ4v) is 7.15. The number of amides is 1. The molecule has 0 aromatic heterocycles. The van der Waals surface area contributed by atoms with Crippen molar-refractivity contribution in [2.45, 2.75) is 69.6 Å². The molecular formula is C24H31NO2. The highest BCUT2D eigenvalue weighted by Gasteiger charge is 2.56. The molecule has 0 radical (unpaired) electrons. The molecule has 0 aliphatic heterocycles. The second kappa shape index (κ2) is 6.12. The van der Waals surface area contributed by atoms with Crippen molar-refractivity contribution in [3.63, 3.8) is 0 Å². The number of nitrogens with two attached hydrogens (primary N) is 1. The third-order valence-electron chi connectivity index (χ3n) is 8.51. The topological polar surface area (TPSA) is 63.3 Å². The van der Waals surface area contributed by atoms with Crippen LogP contribution < -0.4 is 5.73 Å². The molecule has 0 saturated heterocycles. The largest absolute Gasteiger partial charge is 0.507 e. The highest BCUT2D eigenvalue weighted by Crippen LogP contribution is 2.63. The van der Waals surface area contributed by atoms with E-state index in [0.717, 1.165) is 49.0 Å². The van der Waals surface area contributed by atoms with Gasteiger partial charge in [0, 0.05) is 11.0 Å². The predicted molar refractivity (Wildman–Crippen MR) is 107 cm³/mol. The van der Waals surface area contributed by atoms with Gasteiger partial charge in [-0.2, -0.15) is 0 Å². The summed E-state index contributed by atoms with van der Waals surface area (Å²) >= 11 is 0. The Bertz CT molecular complexity index is 809. The monoisotopic (exact) mass is 365 g/mol. The molecule has 4 aliphatic rings. The first-order valence-electron chi connectivity index (χ1n) is 10.8. The molecule has 5 rings (SSSR count). The number of carbonyl (C=O) groups excluding carboxylic acids is 1. The van der Waals surface area contributed by atoms with Crippen molar-refractivity contribution in [1.29, 1.82) is 0 Å². The third kappa shape index (κ3) is 2.50. The number of benzene rings is 1. The van der Waals surface area contributed by atoms with Gasteiger partial charge in [-0.25, -0.2) is 0 Å². The maximum atomic E-state index is 11.9. The van der Waals surface area contributed by atoms with Crippen molar-refractivity contribution in [1.82, 2.24) is 0 Å². The standard InChI is InChI=1S/C24H31NO2/c1-14-5-8-20-19-12-17-6-7-18(23(25)27)22(26)21(17)24(20,13-14)10-9-16(19)11-15-3-2-4-15/h6-7,15-16,19-20,26H,1-5,8-13H2,(H2,25,27)/t16?,19-,20-,24-/m0/s1. The van der Waals surface area contributed by atoms with Gasteiger partial charge in [-0.1, -0.05) is 37.5 Å². The molecule has 1 unspecified atom stereocenters. The fraction of sp³-hybridized carbons (Fsp3) is 0.625. The lowest BCUT2D eigenvalue weighted by Gasteiger charge is -2.59. The van der Waals surface area contributed by atoms with Crippen LogP contribution in [0.3, 0.4) is 0 Å². The number of primary amides is 1. The quantitative estimate of drug-likeness (QED) is 0.752. The molecule has 144 valence electrons. The molecule has 1 aromatic carbocycles. The van der Waals surface area contributed by atoms with Crippen molar-refractivity contribution in [3.05, 3.63) is 41.0 Å². The Hall–Kier alpha value is -1.77. The van der Waals surface area contributed by atoms with Crippen molar-refractivity contribution >= 4 is 5.91 Å². The molecule has 3 N–H and O–H groups in total. The average molecular weight is 366 g/mol. The Balaban J connectivity index is 1.61. The van der Waals surface area contributed by atoms with E-state index < -0.39 is 5.91 Å². The lowest BCUT2D eigenvalue weighted by atomic mass is 9.45. The van der Waals surface area contributed by atoms with Crippen LogP contribution in [-0.4, -0.2) is 11.0 Å². The van der Waals surface area contributed by atoms with E-state index in [2.05, 4.69) is 12.6 Å². The SMILES string of the molecule is C=C1CC[C@H]2[C@H]3Cc4ccc(C(N)=O)c(O)c4[C@@]2(CCC3CC2CCC2)C1. The highest BCUT2D eigenvalue weighted by atomic mass is 16.3. The van der Waals surface area contributed by atoms with Gasteiger partial charge in [-0.15, -0.1) is 0 Å². The van der Waals surface area contributed by atoms with E-state index in [4.69, 9.17) is 5.73 Å². The van der Waals surface area contributed by atoms with Crippen LogP contribution in [0.4, 0.5) is 0 Å². The molecule has 0 spiro atoms. The Morgan fingerprint density at radius 1 is 1.26 bits per heavy atom. The van der Waals surface area contributed by atoms with Gasteiger partial charge < -0.3 is 10.8 Å². The van der Waals surface area contributed by atoms with Crippen molar-refractivity contribution in [2.24, 2.45) is 29.4 Å². The molecular weight excluding hydrogens is 334 g/mol. The molecule has 3 nitrogen and oxygen atoms in total. The maximum Gasteiger partial charge on any atom is 0.252 e. The summed E-state index contributed by atoms with van der Waals surface area (Å²) in [6, 6.07) is 3.81. The molecule has 3 saturated carbocycles. The van der Waals surface area contributed by atoms with Crippen LogP contribution in [0, 0.1) is 23.7 Å². The second-order valence-electron chi connectivity index (χ2n) is 9.79. The first-order valence-corrected chi connectivity index (χ1v) is 10.8. The third-order valence-corrected chi connectivity index (χ3v) is 8.51. The summed E-state index contributed by atoms with van der Waals surface area (Å²) in [7, 11) is 0. The molecule has 4 aliphatic carbocycles. The van der Waals surface area contributed by atoms with Crippen molar-refractivity contribution < 1.29 is 9.90 Å². The van der Waals surface area contributed by atoms with Gasteiger partial charge in [0.15, 0.2) is 0 Å². The Labute approximate surface area is 162 Å². The highest BCUT2D eigenvalue weighted by molar-refractivity contribution is 5.96. The van der Waals surface area contributed by atoms with Gasteiger partial charge >= 0.3 is 0 Å². The summed E-state index contributed by atoms with van der Waals surface area (Å²) in [5, 5.41) is 11.1. The van der Waals surface area contributed by atoms with Gasteiger partial charge in [0.1, 0.15) is 5.75 Å². The average Bonchev–Trinajstić information content (AvgIpc) is 2.58. The zero-order chi connectivity index (χ0) is 18.8. The van der Waals surface area contributed by atoms with Crippen LogP contribution in [0.5, 0.6) is 5.75 Å².